The number of hydrogen-bond donors (Lipinski definition) is 0. The zero-order valence-electron chi connectivity index (χ0n) is 13.8. The van der Waals surface area contributed by atoms with E-state index in [1.165, 1.54) is 23.5 Å². The van der Waals surface area contributed by atoms with Crippen LogP contribution in [0.15, 0.2) is 60.0 Å². The van der Waals surface area contributed by atoms with Crippen LogP contribution in [0.5, 0.6) is 0 Å². The smallest absolute Gasteiger partial charge is 0.269 e. The molecule has 0 saturated carbocycles. The number of benzene rings is 2. The molecule has 1 amide bonds. The molecule has 1 aromatic heterocycles. The second-order valence-corrected chi connectivity index (χ2v) is 6.61. The Kier molecular flexibility index (Phi) is 4.63. The molecule has 0 aliphatic carbocycles. The molecular formula is C19H16N2O3S. The van der Waals surface area contributed by atoms with Crippen LogP contribution in [0.25, 0.3) is 10.4 Å². The maximum absolute atomic E-state index is 12.6. The number of aryl methyl sites for hydroxylation is 1. The van der Waals surface area contributed by atoms with Gasteiger partial charge in [0.2, 0.25) is 0 Å². The van der Waals surface area contributed by atoms with Crippen LogP contribution in [0.1, 0.15) is 15.9 Å². The van der Waals surface area contributed by atoms with E-state index in [1.807, 2.05) is 42.6 Å². The summed E-state index contributed by atoms with van der Waals surface area (Å²) in [5.74, 6) is -0.0759. The Labute approximate surface area is 149 Å². The predicted octanol–water partition coefficient (Wildman–Crippen LogP) is 4.91. The molecule has 126 valence electrons. The summed E-state index contributed by atoms with van der Waals surface area (Å²) in [4.78, 5) is 25.5. The van der Waals surface area contributed by atoms with Gasteiger partial charge < -0.3 is 4.90 Å². The molecule has 2 aromatic carbocycles. The highest BCUT2D eigenvalue weighted by Gasteiger charge is 2.15. The lowest BCUT2D eigenvalue weighted by atomic mass is 10.1. The number of nitro groups is 1. The molecule has 0 aliphatic rings. The van der Waals surface area contributed by atoms with Gasteiger partial charge in [-0.1, -0.05) is 17.7 Å². The fourth-order valence-electron chi connectivity index (χ4n) is 2.41. The first-order valence-corrected chi connectivity index (χ1v) is 8.52. The monoisotopic (exact) mass is 352 g/mol. The van der Waals surface area contributed by atoms with Gasteiger partial charge in [0, 0.05) is 35.0 Å². The molecule has 6 heteroatoms. The highest BCUT2D eigenvalue weighted by Crippen LogP contribution is 2.32. The third-order valence-corrected chi connectivity index (χ3v) is 4.91. The summed E-state index contributed by atoms with van der Waals surface area (Å²) in [6, 6.07) is 15.8. The average molecular weight is 352 g/mol. The van der Waals surface area contributed by atoms with E-state index >= 15 is 0 Å². The number of rotatable bonds is 4. The van der Waals surface area contributed by atoms with Gasteiger partial charge in [-0.2, -0.15) is 0 Å². The third kappa shape index (κ3) is 3.59. The number of anilines is 1. The molecule has 3 rings (SSSR count). The molecule has 0 fully saturated rings. The highest BCUT2D eigenvalue weighted by atomic mass is 32.1. The zero-order valence-corrected chi connectivity index (χ0v) is 14.6. The second kappa shape index (κ2) is 6.86. The number of thiophene rings is 1. The molecular weight excluding hydrogens is 336 g/mol. The molecule has 0 spiro atoms. The maximum atomic E-state index is 12.6. The Hall–Kier alpha value is -2.99. The molecule has 0 saturated heterocycles. The normalized spacial score (nSPS) is 10.5. The minimum Gasteiger partial charge on any atom is -0.311 e. The van der Waals surface area contributed by atoms with Crippen molar-refractivity contribution in [3.05, 3.63) is 81.2 Å². The number of amides is 1. The van der Waals surface area contributed by atoms with E-state index in [2.05, 4.69) is 0 Å². The van der Waals surface area contributed by atoms with Gasteiger partial charge in [0.25, 0.3) is 11.6 Å². The molecule has 25 heavy (non-hydrogen) atoms. The molecule has 5 nitrogen and oxygen atoms in total. The van der Waals surface area contributed by atoms with Gasteiger partial charge in [-0.05, 0) is 42.8 Å². The summed E-state index contributed by atoms with van der Waals surface area (Å²) in [5.41, 5.74) is 3.49. The molecule has 0 atom stereocenters. The maximum Gasteiger partial charge on any atom is 0.269 e. The van der Waals surface area contributed by atoms with E-state index in [1.54, 1.807) is 24.1 Å². The predicted molar refractivity (Wildman–Crippen MR) is 100 cm³/mol. The summed E-state index contributed by atoms with van der Waals surface area (Å²) in [6.07, 6.45) is 0. The van der Waals surface area contributed by atoms with Gasteiger partial charge in [-0.25, -0.2) is 0 Å². The zero-order chi connectivity index (χ0) is 18.0. The SMILES string of the molecule is Cc1ccc(C(=O)N(C)c2csc(-c3ccc([N+](=O)[O-])cc3)c2)cc1. The number of nitro benzene ring substituents is 1. The van der Waals surface area contributed by atoms with E-state index in [-0.39, 0.29) is 11.6 Å². The Balaban J connectivity index is 1.81. The molecule has 3 aromatic rings. The van der Waals surface area contributed by atoms with Crippen LogP contribution in [0.2, 0.25) is 0 Å². The lowest BCUT2D eigenvalue weighted by molar-refractivity contribution is -0.384. The number of carbonyl (C=O) groups is 1. The van der Waals surface area contributed by atoms with Crippen molar-refractivity contribution in [2.75, 3.05) is 11.9 Å². The van der Waals surface area contributed by atoms with E-state index in [9.17, 15) is 14.9 Å². The first-order chi connectivity index (χ1) is 12.0. The molecule has 1 heterocycles. The van der Waals surface area contributed by atoms with Crippen LogP contribution in [-0.2, 0) is 0 Å². The largest absolute Gasteiger partial charge is 0.311 e. The Morgan fingerprint density at radius 3 is 2.32 bits per heavy atom. The van der Waals surface area contributed by atoms with E-state index in [4.69, 9.17) is 0 Å². The minimum absolute atomic E-state index is 0.0622. The fraction of sp³-hybridized carbons (Fsp3) is 0.105. The topological polar surface area (TPSA) is 63.5 Å². The number of non-ortho nitro benzene ring substituents is 1. The molecule has 0 aliphatic heterocycles. The number of nitrogens with zero attached hydrogens (tertiary/aromatic N) is 2. The first-order valence-electron chi connectivity index (χ1n) is 7.64. The van der Waals surface area contributed by atoms with Crippen molar-refractivity contribution < 1.29 is 9.72 Å². The van der Waals surface area contributed by atoms with Crippen LogP contribution in [0.4, 0.5) is 11.4 Å². The van der Waals surface area contributed by atoms with Crippen molar-refractivity contribution in [1.82, 2.24) is 0 Å². The van der Waals surface area contributed by atoms with E-state index in [0.717, 1.165) is 21.7 Å². The molecule has 0 bridgehead atoms. The van der Waals surface area contributed by atoms with Gasteiger partial charge in [0.05, 0.1) is 10.6 Å². The van der Waals surface area contributed by atoms with Crippen molar-refractivity contribution in [3.8, 4) is 10.4 Å². The van der Waals surface area contributed by atoms with Crippen LogP contribution < -0.4 is 4.90 Å². The highest BCUT2D eigenvalue weighted by molar-refractivity contribution is 7.14. The molecule has 0 unspecified atom stereocenters. The van der Waals surface area contributed by atoms with Gasteiger partial charge in [0.1, 0.15) is 0 Å². The quantitative estimate of drug-likeness (QED) is 0.495. The van der Waals surface area contributed by atoms with Crippen molar-refractivity contribution >= 4 is 28.6 Å². The minimum atomic E-state index is -0.419. The number of carbonyl (C=O) groups excluding carboxylic acids is 1. The Morgan fingerprint density at radius 1 is 1.08 bits per heavy atom. The van der Waals surface area contributed by atoms with Crippen molar-refractivity contribution in [1.29, 1.82) is 0 Å². The van der Waals surface area contributed by atoms with Crippen molar-refractivity contribution in [3.63, 3.8) is 0 Å². The van der Waals surface area contributed by atoms with Crippen LogP contribution in [0.3, 0.4) is 0 Å². The lowest BCUT2D eigenvalue weighted by Gasteiger charge is -2.15. The summed E-state index contributed by atoms with van der Waals surface area (Å²) < 4.78 is 0. The first kappa shape index (κ1) is 16.9. The van der Waals surface area contributed by atoms with Crippen molar-refractivity contribution in [2.24, 2.45) is 0 Å². The molecule has 0 radical (unpaired) electrons. The molecule has 0 N–H and O–H groups in total. The van der Waals surface area contributed by atoms with Crippen LogP contribution >= 0.6 is 11.3 Å². The van der Waals surface area contributed by atoms with Crippen molar-refractivity contribution in [2.45, 2.75) is 6.92 Å². The van der Waals surface area contributed by atoms with Gasteiger partial charge in [0.15, 0.2) is 0 Å². The van der Waals surface area contributed by atoms with Gasteiger partial charge in [-0.3, -0.25) is 14.9 Å². The second-order valence-electron chi connectivity index (χ2n) is 5.70. The average Bonchev–Trinajstić information content (AvgIpc) is 3.11. The van der Waals surface area contributed by atoms with Gasteiger partial charge in [-0.15, -0.1) is 11.3 Å². The standard InChI is InChI=1S/C19H16N2O3S/c1-13-3-5-15(6-4-13)19(22)20(2)17-11-18(25-12-17)14-7-9-16(10-8-14)21(23)24/h3-12H,1-2H3. The van der Waals surface area contributed by atoms with Crippen LogP contribution in [-0.4, -0.2) is 17.9 Å². The van der Waals surface area contributed by atoms with E-state index < -0.39 is 4.92 Å². The van der Waals surface area contributed by atoms with Crippen LogP contribution in [0, 0.1) is 17.0 Å². The van der Waals surface area contributed by atoms with Gasteiger partial charge >= 0.3 is 0 Å². The number of hydrogen-bond acceptors (Lipinski definition) is 4. The summed E-state index contributed by atoms with van der Waals surface area (Å²) >= 11 is 1.50. The Morgan fingerprint density at radius 2 is 1.72 bits per heavy atom. The lowest BCUT2D eigenvalue weighted by Crippen LogP contribution is -2.25. The Bertz CT molecular complexity index is 915. The summed E-state index contributed by atoms with van der Waals surface area (Å²) in [6.45, 7) is 1.98. The summed E-state index contributed by atoms with van der Waals surface area (Å²) in [5, 5.41) is 12.6. The fourth-order valence-corrected chi connectivity index (χ4v) is 3.34. The summed E-state index contributed by atoms with van der Waals surface area (Å²) in [7, 11) is 1.74. The third-order valence-electron chi connectivity index (χ3n) is 3.94. The van der Waals surface area contributed by atoms with E-state index in [0.29, 0.717) is 5.56 Å².